The molecule has 0 radical (unpaired) electrons. The summed E-state index contributed by atoms with van der Waals surface area (Å²) >= 11 is 0. The van der Waals surface area contributed by atoms with Crippen LogP contribution in [0.1, 0.15) is 0 Å². The van der Waals surface area contributed by atoms with E-state index in [0.29, 0.717) is 12.1 Å². The Morgan fingerprint density at radius 3 is 1.38 bits per heavy atom. The van der Waals surface area contributed by atoms with Gasteiger partial charge in [0.1, 0.15) is 0 Å². The lowest BCUT2D eigenvalue weighted by atomic mass is 9.62. The molecule has 1 fully saturated rings. The fraction of sp³-hybridized carbons (Fsp3) is 0.714. The highest BCUT2D eigenvalue weighted by atomic mass is 19.4. The van der Waals surface area contributed by atoms with Crippen LogP contribution in [-0.4, -0.2) is 28.5 Å². The Kier molecular flexibility index (Phi) is 2.20. The second-order valence-electron chi connectivity index (χ2n) is 3.18. The van der Waals surface area contributed by atoms with Crippen molar-refractivity contribution in [2.45, 2.75) is 23.4 Å². The third-order valence-electron chi connectivity index (χ3n) is 2.42. The molecular weight excluding hydrogens is 242 g/mol. The quantitative estimate of drug-likeness (QED) is 0.707. The molecule has 9 heteroatoms. The first-order valence-corrected chi connectivity index (χ1v) is 3.67. The first-order chi connectivity index (χ1) is 7.02. The molecule has 1 aliphatic carbocycles. The zero-order valence-corrected chi connectivity index (χ0v) is 7.19. The van der Waals surface area contributed by atoms with Gasteiger partial charge < -0.3 is 5.11 Å². The van der Waals surface area contributed by atoms with Gasteiger partial charge in [0.05, 0.1) is 12.1 Å². The van der Waals surface area contributed by atoms with Gasteiger partial charge in [0, 0.05) is 0 Å². The molecule has 0 aliphatic heterocycles. The van der Waals surface area contributed by atoms with Crippen LogP contribution in [0.5, 0.6) is 0 Å². The number of rotatable bonds is 1. The summed E-state index contributed by atoms with van der Waals surface area (Å²) in [5, 5.41) is 25.1. The average molecular weight is 244 g/mol. The summed E-state index contributed by atoms with van der Waals surface area (Å²) in [6, 6.07) is 1.28. The highest BCUT2D eigenvalue weighted by molar-refractivity contribution is 5.34. The van der Waals surface area contributed by atoms with Crippen molar-refractivity contribution in [2.75, 3.05) is 0 Å². The minimum absolute atomic E-state index is 0.639. The maximum absolute atomic E-state index is 12.7. The smallest absolute Gasteiger partial charge is 0.376 e. The molecule has 0 unspecified atom stereocenters. The summed E-state index contributed by atoms with van der Waals surface area (Å²) in [5.41, 5.74) is -4.67. The number of hydrogen-bond donors (Lipinski definition) is 1. The molecule has 1 aliphatic rings. The Balaban J connectivity index is 3.38. The summed E-state index contributed by atoms with van der Waals surface area (Å²) in [6.45, 7) is 0. The van der Waals surface area contributed by atoms with E-state index in [4.69, 9.17) is 15.6 Å². The standard InChI is InChI=1S/C7H2F6N2O/c8-5(9)4(16,3(1-14)2-15)6(10,11)7(5,12)13/h3,16H. The Bertz CT molecular complexity index is 374. The van der Waals surface area contributed by atoms with E-state index in [1.54, 1.807) is 0 Å². The van der Waals surface area contributed by atoms with Gasteiger partial charge in [-0.1, -0.05) is 0 Å². The lowest BCUT2D eigenvalue weighted by molar-refractivity contribution is -0.494. The van der Waals surface area contributed by atoms with Crippen LogP contribution in [0.2, 0.25) is 0 Å². The summed E-state index contributed by atoms with van der Waals surface area (Å²) in [6.07, 6.45) is 0. The lowest BCUT2D eigenvalue weighted by Crippen LogP contribution is -2.88. The fourth-order valence-electron chi connectivity index (χ4n) is 1.39. The summed E-state index contributed by atoms with van der Waals surface area (Å²) < 4.78 is 75.5. The molecule has 0 aromatic carbocycles. The van der Waals surface area contributed by atoms with E-state index >= 15 is 0 Å². The predicted molar refractivity (Wildman–Crippen MR) is 34.5 cm³/mol. The van der Waals surface area contributed by atoms with E-state index in [-0.39, 0.29) is 0 Å². The molecule has 0 amide bonds. The second-order valence-corrected chi connectivity index (χ2v) is 3.18. The van der Waals surface area contributed by atoms with Crippen LogP contribution in [-0.2, 0) is 0 Å². The van der Waals surface area contributed by atoms with Crippen molar-refractivity contribution in [1.29, 1.82) is 10.5 Å². The minimum atomic E-state index is -5.79. The molecule has 1 rings (SSSR count). The molecular formula is C7H2F6N2O. The van der Waals surface area contributed by atoms with Crippen LogP contribution < -0.4 is 0 Å². The SMILES string of the molecule is N#CC(C#N)C1(O)C(F)(F)C(F)(F)C1(F)F. The normalized spacial score (nSPS) is 27.6. The Morgan fingerprint density at radius 1 is 0.812 bits per heavy atom. The zero-order valence-electron chi connectivity index (χ0n) is 7.19. The largest absolute Gasteiger partial charge is 0.378 e. The Labute approximate surface area is 84.5 Å². The highest BCUT2D eigenvalue weighted by Gasteiger charge is 3.00. The van der Waals surface area contributed by atoms with Crippen LogP contribution >= 0.6 is 0 Å². The molecule has 16 heavy (non-hydrogen) atoms. The monoisotopic (exact) mass is 244 g/mol. The molecule has 0 heterocycles. The number of nitriles is 2. The molecule has 3 nitrogen and oxygen atoms in total. The lowest BCUT2D eigenvalue weighted by Gasteiger charge is -2.55. The van der Waals surface area contributed by atoms with Crippen molar-refractivity contribution in [2.24, 2.45) is 5.92 Å². The van der Waals surface area contributed by atoms with Crippen LogP contribution in [0.25, 0.3) is 0 Å². The maximum atomic E-state index is 12.7. The van der Waals surface area contributed by atoms with Gasteiger partial charge in [-0.3, -0.25) is 0 Å². The van der Waals surface area contributed by atoms with Gasteiger partial charge in [-0.25, -0.2) is 0 Å². The van der Waals surface area contributed by atoms with Gasteiger partial charge in [-0.15, -0.1) is 0 Å². The van der Waals surface area contributed by atoms with Gasteiger partial charge in [-0.2, -0.15) is 36.9 Å². The predicted octanol–water partition coefficient (Wildman–Crippen LogP) is 1.30. The first kappa shape index (κ1) is 12.6. The highest BCUT2D eigenvalue weighted by Crippen LogP contribution is 2.68. The van der Waals surface area contributed by atoms with Gasteiger partial charge in [-0.05, 0) is 0 Å². The average Bonchev–Trinajstić information content (AvgIpc) is 2.17. The molecule has 0 bridgehead atoms. The molecule has 1 saturated carbocycles. The van der Waals surface area contributed by atoms with E-state index < -0.39 is 29.3 Å². The fourth-order valence-corrected chi connectivity index (χ4v) is 1.39. The van der Waals surface area contributed by atoms with Crippen molar-refractivity contribution in [3.63, 3.8) is 0 Å². The van der Waals surface area contributed by atoms with E-state index in [1.165, 1.54) is 0 Å². The number of aliphatic hydroxyl groups is 1. The minimum Gasteiger partial charge on any atom is -0.376 e. The maximum Gasteiger partial charge on any atom is 0.378 e. The number of nitrogens with zero attached hydrogens (tertiary/aromatic N) is 2. The first-order valence-electron chi connectivity index (χ1n) is 3.67. The van der Waals surface area contributed by atoms with E-state index in [9.17, 15) is 26.3 Å². The third kappa shape index (κ3) is 0.838. The van der Waals surface area contributed by atoms with Crippen LogP contribution in [0.15, 0.2) is 0 Å². The molecule has 0 aromatic rings. The molecule has 0 spiro atoms. The molecule has 0 atom stereocenters. The Hall–Kier alpha value is -1.48. The van der Waals surface area contributed by atoms with E-state index in [1.807, 2.05) is 0 Å². The zero-order chi connectivity index (χ0) is 13.0. The molecule has 0 aromatic heterocycles. The van der Waals surface area contributed by atoms with Crippen LogP contribution in [0.3, 0.4) is 0 Å². The summed E-state index contributed by atoms with van der Waals surface area (Å²) in [5.74, 6) is -19.8. The number of halogens is 6. The van der Waals surface area contributed by atoms with Gasteiger partial charge in [0.2, 0.25) is 5.60 Å². The van der Waals surface area contributed by atoms with Crippen molar-refractivity contribution >= 4 is 0 Å². The molecule has 88 valence electrons. The summed E-state index contributed by atoms with van der Waals surface area (Å²) in [7, 11) is 0. The van der Waals surface area contributed by atoms with Crippen molar-refractivity contribution < 1.29 is 31.4 Å². The van der Waals surface area contributed by atoms with Gasteiger partial charge in [0.15, 0.2) is 5.92 Å². The van der Waals surface area contributed by atoms with Gasteiger partial charge in [0.25, 0.3) is 0 Å². The van der Waals surface area contributed by atoms with E-state index in [2.05, 4.69) is 0 Å². The van der Waals surface area contributed by atoms with E-state index in [0.717, 1.165) is 0 Å². The molecule has 0 saturated heterocycles. The van der Waals surface area contributed by atoms with Crippen LogP contribution in [0.4, 0.5) is 26.3 Å². The topological polar surface area (TPSA) is 67.8 Å². The third-order valence-corrected chi connectivity index (χ3v) is 2.42. The number of hydrogen-bond acceptors (Lipinski definition) is 3. The summed E-state index contributed by atoms with van der Waals surface area (Å²) in [4.78, 5) is 0. The van der Waals surface area contributed by atoms with Gasteiger partial charge >= 0.3 is 17.8 Å². The number of alkyl halides is 6. The van der Waals surface area contributed by atoms with Crippen molar-refractivity contribution in [1.82, 2.24) is 0 Å². The second kappa shape index (κ2) is 2.80. The Morgan fingerprint density at radius 2 is 1.12 bits per heavy atom. The van der Waals surface area contributed by atoms with Crippen LogP contribution in [0, 0.1) is 28.6 Å². The van der Waals surface area contributed by atoms with Crippen molar-refractivity contribution in [3.05, 3.63) is 0 Å². The van der Waals surface area contributed by atoms with Crippen molar-refractivity contribution in [3.8, 4) is 12.1 Å². The molecule has 1 N–H and O–H groups in total.